The number of hydrogen-bond acceptors (Lipinski definition) is 6. The maximum Gasteiger partial charge on any atom is 0.320 e. The van der Waals surface area contributed by atoms with E-state index in [0.717, 1.165) is 24.0 Å². The maximum absolute atomic E-state index is 12.1. The van der Waals surface area contributed by atoms with Crippen molar-refractivity contribution in [1.29, 1.82) is 0 Å². The summed E-state index contributed by atoms with van der Waals surface area (Å²) in [5.74, 6) is 1.54. The lowest BCUT2D eigenvalue weighted by molar-refractivity contribution is 0.248. The van der Waals surface area contributed by atoms with Gasteiger partial charge in [0.1, 0.15) is 0 Å². The summed E-state index contributed by atoms with van der Waals surface area (Å²) in [5, 5.41) is 17.2. The third-order valence-electron chi connectivity index (χ3n) is 4.13. The molecule has 1 unspecified atom stereocenters. The van der Waals surface area contributed by atoms with E-state index >= 15 is 0 Å². The highest BCUT2D eigenvalue weighted by atomic mass is 16.5. The number of rotatable bonds is 3. The zero-order chi connectivity index (χ0) is 17.2. The van der Waals surface area contributed by atoms with Crippen LogP contribution in [0.2, 0.25) is 0 Å². The number of aryl methyl sites for hydroxylation is 2. The minimum absolute atomic E-state index is 0.0345. The monoisotopic (exact) mass is 336 g/mol. The molecule has 2 N–H and O–H groups in total. The quantitative estimate of drug-likeness (QED) is 0.761. The largest absolute Gasteiger partial charge is 0.339 e. The van der Waals surface area contributed by atoms with Gasteiger partial charge < -0.3 is 9.84 Å². The van der Waals surface area contributed by atoms with Crippen LogP contribution in [0, 0.1) is 6.92 Å². The Morgan fingerprint density at radius 1 is 1.32 bits per heavy atom. The van der Waals surface area contributed by atoms with Crippen LogP contribution < -0.4 is 10.6 Å². The molecule has 0 saturated carbocycles. The van der Waals surface area contributed by atoms with Crippen LogP contribution in [-0.2, 0) is 6.42 Å². The van der Waals surface area contributed by atoms with Gasteiger partial charge in [0.25, 0.3) is 0 Å². The van der Waals surface area contributed by atoms with Crippen molar-refractivity contribution in [3.05, 3.63) is 53.5 Å². The van der Waals surface area contributed by atoms with Crippen LogP contribution in [0.3, 0.4) is 0 Å². The Morgan fingerprint density at radius 2 is 2.24 bits per heavy atom. The van der Waals surface area contributed by atoms with Crippen LogP contribution in [0.4, 0.5) is 10.6 Å². The second kappa shape index (κ2) is 6.31. The number of nitrogens with zero attached hydrogens (tertiary/aromatic N) is 4. The molecule has 4 rings (SSSR count). The first-order valence-electron chi connectivity index (χ1n) is 7.98. The fourth-order valence-electron chi connectivity index (χ4n) is 3.00. The van der Waals surface area contributed by atoms with Gasteiger partial charge in [-0.15, -0.1) is 5.10 Å². The molecule has 1 aromatic carbocycles. The van der Waals surface area contributed by atoms with Crippen LogP contribution in [0.25, 0.3) is 11.4 Å². The van der Waals surface area contributed by atoms with Crippen LogP contribution in [0.15, 0.2) is 41.1 Å². The number of urea groups is 1. The van der Waals surface area contributed by atoms with Crippen LogP contribution in [0.5, 0.6) is 0 Å². The van der Waals surface area contributed by atoms with E-state index in [0.29, 0.717) is 17.5 Å². The van der Waals surface area contributed by atoms with Crippen molar-refractivity contribution >= 4 is 11.8 Å². The molecule has 1 aliphatic rings. The minimum Gasteiger partial charge on any atom is -0.339 e. The first kappa shape index (κ1) is 15.3. The highest BCUT2D eigenvalue weighted by molar-refractivity contribution is 5.88. The van der Waals surface area contributed by atoms with E-state index in [2.05, 4.69) is 37.0 Å². The summed E-state index contributed by atoms with van der Waals surface area (Å²) < 4.78 is 5.03. The van der Waals surface area contributed by atoms with Crippen LogP contribution in [-0.4, -0.2) is 26.4 Å². The number of carbonyl (C=O) groups excluding carboxylic acids is 1. The average molecular weight is 336 g/mol. The summed E-state index contributed by atoms with van der Waals surface area (Å²) in [6, 6.07) is 9.09. The number of hydrogen-bond donors (Lipinski definition) is 2. The van der Waals surface area contributed by atoms with Crippen LogP contribution in [0.1, 0.15) is 29.5 Å². The fourth-order valence-corrected chi connectivity index (χ4v) is 3.00. The summed E-state index contributed by atoms with van der Waals surface area (Å²) in [6.07, 6.45) is 3.28. The molecule has 1 atom stereocenters. The first-order chi connectivity index (χ1) is 12.2. The molecule has 0 spiro atoms. The predicted molar refractivity (Wildman–Crippen MR) is 89.7 cm³/mol. The maximum atomic E-state index is 12.1. The lowest BCUT2D eigenvalue weighted by Gasteiger charge is -2.14. The van der Waals surface area contributed by atoms with E-state index in [1.165, 1.54) is 5.56 Å². The van der Waals surface area contributed by atoms with Crippen molar-refractivity contribution in [1.82, 2.24) is 25.7 Å². The molecule has 126 valence electrons. The van der Waals surface area contributed by atoms with Gasteiger partial charge in [-0.1, -0.05) is 17.3 Å². The van der Waals surface area contributed by atoms with Gasteiger partial charge in [0, 0.05) is 18.7 Å². The average Bonchev–Trinajstić information content (AvgIpc) is 3.22. The molecular formula is C17H16N6O2. The first-order valence-corrected chi connectivity index (χ1v) is 7.98. The van der Waals surface area contributed by atoms with Crippen molar-refractivity contribution < 1.29 is 9.32 Å². The SMILES string of the molecule is Cc1nc(-c2ccc3c(c2)CCC3NC(=O)Nc2cccnn2)no1. The highest BCUT2D eigenvalue weighted by Gasteiger charge is 2.25. The van der Waals surface area contributed by atoms with E-state index in [4.69, 9.17) is 4.52 Å². The Morgan fingerprint density at radius 3 is 3.00 bits per heavy atom. The van der Waals surface area contributed by atoms with Gasteiger partial charge in [-0.3, -0.25) is 5.32 Å². The zero-order valence-electron chi connectivity index (χ0n) is 13.6. The van der Waals surface area contributed by atoms with Gasteiger partial charge in [-0.05, 0) is 42.2 Å². The molecule has 25 heavy (non-hydrogen) atoms. The number of benzene rings is 1. The van der Waals surface area contributed by atoms with E-state index in [-0.39, 0.29) is 12.1 Å². The molecule has 1 aliphatic carbocycles. The third kappa shape index (κ3) is 3.18. The van der Waals surface area contributed by atoms with Crippen LogP contribution >= 0.6 is 0 Å². The van der Waals surface area contributed by atoms with E-state index < -0.39 is 0 Å². The molecular weight excluding hydrogens is 320 g/mol. The summed E-state index contributed by atoms with van der Waals surface area (Å²) in [7, 11) is 0. The molecule has 3 aromatic rings. The van der Waals surface area contributed by atoms with E-state index in [1.807, 2.05) is 12.1 Å². The Labute approximate surface area is 143 Å². The number of carbonyl (C=O) groups is 1. The number of anilines is 1. The van der Waals surface area contributed by atoms with Crippen molar-refractivity contribution in [2.75, 3.05) is 5.32 Å². The van der Waals surface area contributed by atoms with Crippen molar-refractivity contribution in [3.63, 3.8) is 0 Å². The van der Waals surface area contributed by atoms with Crippen molar-refractivity contribution in [2.24, 2.45) is 0 Å². The Bertz CT molecular complexity index is 909. The molecule has 0 fully saturated rings. The van der Waals surface area contributed by atoms with Gasteiger partial charge in [-0.2, -0.15) is 10.1 Å². The second-order valence-corrected chi connectivity index (χ2v) is 5.85. The predicted octanol–water partition coefficient (Wildman–Crippen LogP) is 2.64. The molecule has 2 heterocycles. The number of nitrogens with one attached hydrogen (secondary N) is 2. The van der Waals surface area contributed by atoms with Gasteiger partial charge in [0.2, 0.25) is 11.7 Å². The Balaban J connectivity index is 1.47. The van der Waals surface area contributed by atoms with Crippen molar-refractivity contribution in [3.8, 4) is 11.4 Å². The normalized spacial score (nSPS) is 15.6. The smallest absolute Gasteiger partial charge is 0.320 e. The molecule has 0 bridgehead atoms. The van der Waals surface area contributed by atoms with E-state index in [9.17, 15) is 4.79 Å². The summed E-state index contributed by atoms with van der Waals surface area (Å²) in [6.45, 7) is 1.76. The second-order valence-electron chi connectivity index (χ2n) is 5.85. The van der Waals surface area contributed by atoms with Gasteiger partial charge >= 0.3 is 6.03 Å². The van der Waals surface area contributed by atoms with Gasteiger partial charge in [0.15, 0.2) is 5.82 Å². The Hall–Kier alpha value is -3.29. The lowest BCUT2D eigenvalue weighted by atomic mass is 10.0. The summed E-state index contributed by atoms with van der Waals surface area (Å²) in [5.41, 5.74) is 3.21. The van der Waals surface area contributed by atoms with E-state index in [1.54, 1.807) is 25.3 Å². The fraction of sp³-hybridized carbons (Fsp3) is 0.235. The summed E-state index contributed by atoms with van der Waals surface area (Å²) >= 11 is 0. The number of aromatic nitrogens is 4. The molecule has 0 radical (unpaired) electrons. The number of amides is 2. The highest BCUT2D eigenvalue weighted by Crippen LogP contribution is 2.33. The zero-order valence-corrected chi connectivity index (χ0v) is 13.6. The Kier molecular flexibility index (Phi) is 3.85. The minimum atomic E-state index is -0.295. The molecule has 2 amide bonds. The molecule has 8 heteroatoms. The molecule has 0 aliphatic heterocycles. The summed E-state index contributed by atoms with van der Waals surface area (Å²) in [4.78, 5) is 16.4. The van der Waals surface area contributed by atoms with Gasteiger partial charge in [-0.25, -0.2) is 4.79 Å². The molecule has 8 nitrogen and oxygen atoms in total. The third-order valence-corrected chi connectivity index (χ3v) is 4.13. The molecule has 0 saturated heterocycles. The molecule has 2 aromatic heterocycles. The topological polar surface area (TPSA) is 106 Å². The number of fused-ring (bicyclic) bond motifs is 1. The standard InChI is InChI=1S/C17H16N6O2/c1-10-19-16(23-25-10)12-4-6-13-11(9-12)5-7-14(13)20-17(24)21-15-3-2-8-18-22-15/h2-4,6,8-9,14H,5,7H2,1H3,(H2,20,21,22,24). The lowest BCUT2D eigenvalue weighted by Crippen LogP contribution is -2.31. The van der Waals surface area contributed by atoms with Crippen molar-refractivity contribution in [2.45, 2.75) is 25.8 Å². The van der Waals surface area contributed by atoms with Gasteiger partial charge in [0.05, 0.1) is 6.04 Å².